The summed E-state index contributed by atoms with van der Waals surface area (Å²) >= 11 is 0. The summed E-state index contributed by atoms with van der Waals surface area (Å²) in [6, 6.07) is 5.91. The van der Waals surface area contributed by atoms with Gasteiger partial charge in [-0.1, -0.05) is 6.07 Å². The lowest BCUT2D eigenvalue weighted by Crippen LogP contribution is -2.49. The van der Waals surface area contributed by atoms with Crippen LogP contribution in [0.15, 0.2) is 18.2 Å². The van der Waals surface area contributed by atoms with Gasteiger partial charge in [0.1, 0.15) is 5.60 Å². The Morgan fingerprint density at radius 2 is 2.08 bits per heavy atom. The lowest BCUT2D eigenvalue weighted by molar-refractivity contribution is 0.0195. The van der Waals surface area contributed by atoms with Gasteiger partial charge in [-0.05, 0) is 45.4 Å². The highest BCUT2D eigenvalue weighted by atomic mass is 16.6. The highest BCUT2D eigenvalue weighted by molar-refractivity contribution is 5.68. The van der Waals surface area contributed by atoms with E-state index in [4.69, 9.17) is 14.2 Å². The summed E-state index contributed by atoms with van der Waals surface area (Å²) < 4.78 is 16.4. The first-order valence-electron chi connectivity index (χ1n) is 8.36. The van der Waals surface area contributed by atoms with Gasteiger partial charge in [0, 0.05) is 19.6 Å². The maximum atomic E-state index is 12.3. The number of hydrogen-bond acceptors (Lipinski definition) is 5. The molecule has 0 radical (unpaired) electrons. The molecule has 1 amide bonds. The Hall–Kier alpha value is -1.95. The van der Waals surface area contributed by atoms with E-state index in [1.165, 1.54) is 0 Å². The number of nitrogens with one attached hydrogen (secondary N) is 1. The van der Waals surface area contributed by atoms with Crippen LogP contribution >= 0.6 is 0 Å². The van der Waals surface area contributed by atoms with Crippen LogP contribution in [-0.2, 0) is 4.74 Å². The number of carbonyl (C=O) groups excluding carboxylic acids is 1. The first kappa shape index (κ1) is 18.4. The molecule has 0 aromatic heterocycles. The third-order valence-corrected chi connectivity index (χ3v) is 3.72. The fourth-order valence-corrected chi connectivity index (χ4v) is 2.64. The summed E-state index contributed by atoms with van der Waals surface area (Å²) in [5.74, 6) is 1.43. The average molecular weight is 336 g/mol. The van der Waals surface area contributed by atoms with Crippen molar-refractivity contribution in [3.8, 4) is 11.5 Å². The molecule has 6 nitrogen and oxygen atoms in total. The van der Waals surface area contributed by atoms with Gasteiger partial charge in [0.25, 0.3) is 0 Å². The van der Waals surface area contributed by atoms with Gasteiger partial charge in [0.05, 0.1) is 19.8 Å². The third-order valence-electron chi connectivity index (χ3n) is 3.72. The fourth-order valence-electron chi connectivity index (χ4n) is 2.64. The molecule has 0 aliphatic carbocycles. The van der Waals surface area contributed by atoms with Gasteiger partial charge < -0.3 is 24.4 Å². The minimum Gasteiger partial charge on any atom is -0.493 e. The Kier molecular flexibility index (Phi) is 5.94. The Balaban J connectivity index is 2.10. The number of benzene rings is 1. The summed E-state index contributed by atoms with van der Waals surface area (Å²) in [7, 11) is 1.63. The Bertz CT molecular complexity index is 569. The zero-order valence-electron chi connectivity index (χ0n) is 15.2. The molecule has 1 atom stereocenters. The lowest BCUT2D eigenvalue weighted by atomic mass is 10.0. The Morgan fingerprint density at radius 3 is 2.71 bits per heavy atom. The molecule has 1 unspecified atom stereocenters. The summed E-state index contributed by atoms with van der Waals surface area (Å²) in [5.41, 5.74) is 0.573. The van der Waals surface area contributed by atoms with Crippen LogP contribution in [0.1, 0.15) is 39.3 Å². The van der Waals surface area contributed by atoms with Crippen molar-refractivity contribution in [2.24, 2.45) is 0 Å². The second-order valence-corrected chi connectivity index (χ2v) is 6.78. The number of ether oxygens (including phenoxy) is 3. The SMILES string of the molecule is CCOc1ccc(C2CN(C(=O)OC(C)(C)C)CCN2)cc1OC. The predicted molar refractivity (Wildman–Crippen MR) is 92.7 cm³/mol. The minimum absolute atomic E-state index is 0.0378. The smallest absolute Gasteiger partial charge is 0.410 e. The Morgan fingerprint density at radius 1 is 1.33 bits per heavy atom. The molecule has 24 heavy (non-hydrogen) atoms. The van der Waals surface area contributed by atoms with E-state index >= 15 is 0 Å². The van der Waals surface area contributed by atoms with Crippen LogP contribution in [0.3, 0.4) is 0 Å². The normalized spacial score (nSPS) is 18.2. The van der Waals surface area contributed by atoms with Gasteiger partial charge in [-0.2, -0.15) is 0 Å². The maximum Gasteiger partial charge on any atom is 0.410 e. The van der Waals surface area contributed by atoms with Crippen molar-refractivity contribution in [1.29, 1.82) is 0 Å². The van der Waals surface area contributed by atoms with Gasteiger partial charge in [-0.3, -0.25) is 0 Å². The number of methoxy groups -OCH3 is 1. The first-order valence-corrected chi connectivity index (χ1v) is 8.36. The minimum atomic E-state index is -0.486. The molecule has 1 heterocycles. The van der Waals surface area contributed by atoms with Crippen LogP contribution in [-0.4, -0.2) is 49.9 Å². The van der Waals surface area contributed by atoms with Crippen molar-refractivity contribution in [2.45, 2.75) is 39.3 Å². The molecule has 1 aromatic rings. The number of carbonyl (C=O) groups is 1. The van der Waals surface area contributed by atoms with Crippen LogP contribution in [0.5, 0.6) is 11.5 Å². The van der Waals surface area contributed by atoms with Crippen molar-refractivity contribution in [2.75, 3.05) is 33.4 Å². The van der Waals surface area contributed by atoms with E-state index in [-0.39, 0.29) is 12.1 Å². The van der Waals surface area contributed by atoms with Gasteiger partial charge in [-0.15, -0.1) is 0 Å². The van der Waals surface area contributed by atoms with Crippen molar-refractivity contribution in [1.82, 2.24) is 10.2 Å². The highest BCUT2D eigenvalue weighted by Crippen LogP contribution is 2.31. The highest BCUT2D eigenvalue weighted by Gasteiger charge is 2.28. The molecule has 0 bridgehead atoms. The molecule has 0 saturated carbocycles. The molecule has 1 aliphatic rings. The summed E-state index contributed by atoms with van der Waals surface area (Å²) in [5, 5.41) is 3.44. The number of hydrogen-bond donors (Lipinski definition) is 1. The average Bonchev–Trinajstić information content (AvgIpc) is 2.54. The molecule has 134 valence electrons. The third kappa shape index (κ3) is 4.77. The molecule has 1 saturated heterocycles. The van der Waals surface area contributed by atoms with Crippen LogP contribution in [0.4, 0.5) is 4.79 Å². The van der Waals surface area contributed by atoms with Crippen molar-refractivity contribution < 1.29 is 19.0 Å². The van der Waals surface area contributed by atoms with E-state index in [0.29, 0.717) is 25.4 Å². The molecule has 0 spiro atoms. The number of amides is 1. The molecular formula is C18H28N2O4. The van der Waals surface area contributed by atoms with Crippen molar-refractivity contribution in [3.63, 3.8) is 0 Å². The van der Waals surface area contributed by atoms with E-state index < -0.39 is 5.60 Å². The van der Waals surface area contributed by atoms with E-state index in [1.807, 2.05) is 45.9 Å². The van der Waals surface area contributed by atoms with Gasteiger partial charge in [-0.25, -0.2) is 4.79 Å². The molecule has 1 aliphatic heterocycles. The monoisotopic (exact) mass is 336 g/mol. The number of piperazine rings is 1. The maximum absolute atomic E-state index is 12.3. The second kappa shape index (κ2) is 7.75. The molecule has 2 rings (SSSR count). The standard InChI is InChI=1S/C18H28N2O4/c1-6-23-15-8-7-13(11-16(15)22-5)14-12-20(10-9-19-14)17(21)24-18(2,3)4/h7-8,11,14,19H,6,9-10,12H2,1-5H3. The molecule has 1 N–H and O–H groups in total. The summed E-state index contributed by atoms with van der Waals surface area (Å²) in [6.45, 7) is 10.1. The zero-order valence-corrected chi connectivity index (χ0v) is 15.2. The Labute approximate surface area is 144 Å². The largest absolute Gasteiger partial charge is 0.493 e. The fraction of sp³-hybridized carbons (Fsp3) is 0.611. The summed E-state index contributed by atoms with van der Waals surface area (Å²) in [4.78, 5) is 14.0. The zero-order chi connectivity index (χ0) is 17.7. The lowest BCUT2D eigenvalue weighted by Gasteiger charge is -2.35. The van der Waals surface area contributed by atoms with Gasteiger partial charge in [0.15, 0.2) is 11.5 Å². The molecule has 6 heteroatoms. The van der Waals surface area contributed by atoms with Crippen molar-refractivity contribution in [3.05, 3.63) is 23.8 Å². The van der Waals surface area contributed by atoms with E-state index in [9.17, 15) is 4.79 Å². The first-order chi connectivity index (χ1) is 11.3. The molecular weight excluding hydrogens is 308 g/mol. The second-order valence-electron chi connectivity index (χ2n) is 6.78. The molecule has 1 fully saturated rings. The topological polar surface area (TPSA) is 60.0 Å². The van der Waals surface area contributed by atoms with E-state index in [2.05, 4.69) is 5.32 Å². The van der Waals surface area contributed by atoms with Gasteiger partial charge >= 0.3 is 6.09 Å². The summed E-state index contributed by atoms with van der Waals surface area (Å²) in [6.07, 6.45) is -0.271. The quantitative estimate of drug-likeness (QED) is 0.916. The van der Waals surface area contributed by atoms with Crippen LogP contribution in [0.2, 0.25) is 0 Å². The van der Waals surface area contributed by atoms with E-state index in [0.717, 1.165) is 17.9 Å². The van der Waals surface area contributed by atoms with Crippen molar-refractivity contribution >= 4 is 6.09 Å². The predicted octanol–water partition coefficient (Wildman–Crippen LogP) is 2.98. The van der Waals surface area contributed by atoms with Crippen LogP contribution < -0.4 is 14.8 Å². The van der Waals surface area contributed by atoms with Gasteiger partial charge in [0.2, 0.25) is 0 Å². The van der Waals surface area contributed by atoms with E-state index in [1.54, 1.807) is 12.0 Å². The van der Waals surface area contributed by atoms with Crippen LogP contribution in [0.25, 0.3) is 0 Å². The number of nitrogens with zero attached hydrogens (tertiary/aromatic N) is 1. The molecule has 1 aromatic carbocycles. The van der Waals surface area contributed by atoms with Crippen LogP contribution in [0, 0.1) is 0 Å². The number of rotatable bonds is 4.